The van der Waals surface area contributed by atoms with Crippen LogP contribution in [0.4, 0.5) is 10.5 Å². The molecular weight excluding hydrogens is 292 g/mol. The molecule has 0 saturated carbocycles. The maximum atomic E-state index is 12.6. The summed E-state index contributed by atoms with van der Waals surface area (Å²) in [6.07, 6.45) is 0.578. The van der Waals surface area contributed by atoms with E-state index in [0.29, 0.717) is 12.1 Å². The van der Waals surface area contributed by atoms with Crippen LogP contribution in [0.2, 0.25) is 0 Å². The minimum atomic E-state index is -0.597. The summed E-state index contributed by atoms with van der Waals surface area (Å²) >= 11 is 0. The van der Waals surface area contributed by atoms with Crippen LogP contribution in [0.5, 0.6) is 0 Å². The van der Waals surface area contributed by atoms with Gasteiger partial charge in [-0.15, -0.1) is 0 Å². The maximum Gasteiger partial charge on any atom is 0.332 e. The van der Waals surface area contributed by atoms with E-state index in [1.54, 1.807) is 19.1 Å². The lowest BCUT2D eigenvalue weighted by Gasteiger charge is -2.20. The number of imide groups is 1. The second-order valence-corrected chi connectivity index (χ2v) is 5.64. The third kappa shape index (κ3) is 3.32. The van der Waals surface area contributed by atoms with Crippen molar-refractivity contribution < 1.29 is 9.59 Å². The van der Waals surface area contributed by atoms with Gasteiger partial charge in [0, 0.05) is 18.7 Å². The van der Waals surface area contributed by atoms with Crippen LogP contribution >= 0.6 is 0 Å². The van der Waals surface area contributed by atoms with Gasteiger partial charge in [-0.25, -0.2) is 4.79 Å². The average molecular weight is 310 g/mol. The molecule has 0 aliphatic carbocycles. The Morgan fingerprint density at radius 2 is 1.87 bits per heavy atom. The van der Waals surface area contributed by atoms with Gasteiger partial charge in [0.25, 0.3) is 5.91 Å². The van der Waals surface area contributed by atoms with E-state index in [0.717, 1.165) is 10.5 Å². The van der Waals surface area contributed by atoms with Crippen molar-refractivity contribution >= 4 is 17.6 Å². The minimum Gasteiger partial charge on any atom is -0.282 e. The SMILES string of the molecule is Cc1ccc(N2C(=O)N(CC(C#N)CCC#N)C(=O)C2C)cc1. The van der Waals surface area contributed by atoms with Gasteiger partial charge in [0.2, 0.25) is 0 Å². The number of hydrogen-bond donors (Lipinski definition) is 0. The van der Waals surface area contributed by atoms with Crippen molar-refractivity contribution in [2.24, 2.45) is 5.92 Å². The van der Waals surface area contributed by atoms with E-state index >= 15 is 0 Å². The number of carbonyl (C=O) groups excluding carboxylic acids is 2. The fourth-order valence-electron chi connectivity index (χ4n) is 2.59. The highest BCUT2D eigenvalue weighted by Crippen LogP contribution is 2.27. The maximum absolute atomic E-state index is 12.6. The van der Waals surface area contributed by atoms with Gasteiger partial charge in [0.15, 0.2) is 0 Å². The molecule has 23 heavy (non-hydrogen) atoms. The van der Waals surface area contributed by atoms with Crippen LogP contribution in [0.1, 0.15) is 25.3 Å². The second-order valence-electron chi connectivity index (χ2n) is 5.64. The van der Waals surface area contributed by atoms with Crippen molar-refractivity contribution in [3.05, 3.63) is 29.8 Å². The Morgan fingerprint density at radius 3 is 2.43 bits per heavy atom. The normalized spacial score (nSPS) is 18.7. The van der Waals surface area contributed by atoms with Crippen LogP contribution in [0.25, 0.3) is 0 Å². The average Bonchev–Trinajstić information content (AvgIpc) is 2.75. The molecule has 118 valence electrons. The Balaban J connectivity index is 2.19. The number of nitriles is 2. The van der Waals surface area contributed by atoms with Gasteiger partial charge in [-0.2, -0.15) is 10.5 Å². The Bertz CT molecular complexity index is 684. The summed E-state index contributed by atoms with van der Waals surface area (Å²) in [6, 6.07) is 10.4. The first-order chi connectivity index (χ1) is 11.0. The third-order valence-electron chi connectivity index (χ3n) is 3.95. The monoisotopic (exact) mass is 310 g/mol. The van der Waals surface area contributed by atoms with Gasteiger partial charge in [-0.05, 0) is 32.4 Å². The standard InChI is InChI=1S/C17H18N4O2/c1-12-5-7-15(8-6-12)21-13(2)16(22)20(17(21)23)11-14(10-19)4-3-9-18/h5-8,13-14H,3-4,11H2,1-2H3. The van der Waals surface area contributed by atoms with Crippen LogP contribution in [-0.4, -0.2) is 29.4 Å². The van der Waals surface area contributed by atoms with Crippen LogP contribution in [-0.2, 0) is 4.79 Å². The Hall–Kier alpha value is -2.86. The molecule has 3 amide bonds. The van der Waals surface area contributed by atoms with Crippen LogP contribution in [0.3, 0.4) is 0 Å². The van der Waals surface area contributed by atoms with Crippen molar-refractivity contribution in [3.63, 3.8) is 0 Å². The molecule has 1 heterocycles. The Morgan fingerprint density at radius 1 is 1.22 bits per heavy atom. The molecule has 0 N–H and O–H groups in total. The first kappa shape index (κ1) is 16.5. The lowest BCUT2D eigenvalue weighted by atomic mass is 10.1. The number of benzene rings is 1. The molecule has 2 rings (SSSR count). The highest BCUT2D eigenvalue weighted by molar-refractivity contribution is 6.14. The van der Waals surface area contributed by atoms with E-state index in [9.17, 15) is 9.59 Å². The van der Waals surface area contributed by atoms with Crippen molar-refractivity contribution in [1.82, 2.24) is 4.90 Å². The molecule has 2 unspecified atom stereocenters. The second kappa shape index (κ2) is 6.93. The molecule has 0 radical (unpaired) electrons. The molecule has 1 aromatic carbocycles. The van der Waals surface area contributed by atoms with Crippen LogP contribution in [0, 0.1) is 35.5 Å². The Kier molecular flexibility index (Phi) is 4.98. The summed E-state index contributed by atoms with van der Waals surface area (Å²) in [5.41, 5.74) is 1.73. The molecule has 6 nitrogen and oxygen atoms in total. The summed E-state index contributed by atoms with van der Waals surface area (Å²) in [5.74, 6) is -0.833. The van der Waals surface area contributed by atoms with E-state index in [-0.39, 0.29) is 18.9 Å². The molecule has 6 heteroatoms. The first-order valence-corrected chi connectivity index (χ1v) is 7.47. The largest absolute Gasteiger partial charge is 0.332 e. The predicted octanol–water partition coefficient (Wildman–Crippen LogP) is 2.60. The number of nitrogens with zero attached hydrogens (tertiary/aromatic N) is 4. The van der Waals surface area contributed by atoms with E-state index in [2.05, 4.69) is 6.07 Å². The minimum absolute atomic E-state index is 0.0303. The number of hydrogen-bond acceptors (Lipinski definition) is 4. The number of rotatable bonds is 5. The lowest BCUT2D eigenvalue weighted by Crippen LogP contribution is -2.36. The zero-order valence-corrected chi connectivity index (χ0v) is 13.2. The molecule has 1 aliphatic rings. The number of urea groups is 1. The molecule has 1 aliphatic heterocycles. The van der Waals surface area contributed by atoms with E-state index in [1.165, 1.54) is 4.90 Å². The quantitative estimate of drug-likeness (QED) is 0.782. The summed E-state index contributed by atoms with van der Waals surface area (Å²) < 4.78 is 0. The smallest absolute Gasteiger partial charge is 0.282 e. The van der Waals surface area contributed by atoms with E-state index in [4.69, 9.17) is 10.5 Å². The fraction of sp³-hybridized carbons (Fsp3) is 0.412. The van der Waals surface area contributed by atoms with Crippen LogP contribution in [0.15, 0.2) is 24.3 Å². The van der Waals surface area contributed by atoms with Crippen molar-refractivity contribution in [2.75, 3.05) is 11.4 Å². The lowest BCUT2D eigenvalue weighted by molar-refractivity contribution is -0.127. The fourth-order valence-corrected chi connectivity index (χ4v) is 2.59. The molecule has 0 spiro atoms. The summed E-state index contributed by atoms with van der Waals surface area (Å²) in [7, 11) is 0. The zero-order chi connectivity index (χ0) is 17.0. The van der Waals surface area contributed by atoms with Gasteiger partial charge in [0.05, 0.1) is 18.1 Å². The topological polar surface area (TPSA) is 88.2 Å². The van der Waals surface area contributed by atoms with Crippen molar-refractivity contribution in [1.29, 1.82) is 10.5 Å². The van der Waals surface area contributed by atoms with Gasteiger partial charge in [-0.3, -0.25) is 14.6 Å². The number of carbonyl (C=O) groups is 2. The number of amides is 3. The molecular formula is C17H18N4O2. The summed E-state index contributed by atoms with van der Waals surface area (Å²) in [5, 5.41) is 17.8. The molecule has 2 atom stereocenters. The van der Waals surface area contributed by atoms with Crippen molar-refractivity contribution in [2.45, 2.75) is 32.7 Å². The molecule has 0 aromatic heterocycles. The molecule has 1 aromatic rings. The predicted molar refractivity (Wildman–Crippen MR) is 84.2 cm³/mol. The van der Waals surface area contributed by atoms with E-state index < -0.39 is 18.0 Å². The molecule has 1 saturated heterocycles. The van der Waals surface area contributed by atoms with E-state index in [1.807, 2.05) is 25.1 Å². The van der Waals surface area contributed by atoms with Crippen molar-refractivity contribution in [3.8, 4) is 12.1 Å². The third-order valence-corrected chi connectivity index (χ3v) is 3.95. The molecule has 0 bridgehead atoms. The van der Waals surface area contributed by atoms with Gasteiger partial charge in [-0.1, -0.05) is 17.7 Å². The van der Waals surface area contributed by atoms with Crippen LogP contribution < -0.4 is 4.90 Å². The number of aryl methyl sites for hydroxylation is 1. The zero-order valence-electron chi connectivity index (χ0n) is 13.2. The van der Waals surface area contributed by atoms with Gasteiger partial charge >= 0.3 is 6.03 Å². The first-order valence-electron chi connectivity index (χ1n) is 7.47. The molecule has 1 fully saturated rings. The summed E-state index contributed by atoms with van der Waals surface area (Å²) in [6.45, 7) is 3.66. The number of anilines is 1. The highest BCUT2D eigenvalue weighted by atomic mass is 16.2. The highest BCUT2D eigenvalue weighted by Gasteiger charge is 2.43. The summed E-state index contributed by atoms with van der Waals surface area (Å²) in [4.78, 5) is 27.5. The Labute approximate surface area is 135 Å². The van der Waals surface area contributed by atoms with Gasteiger partial charge < -0.3 is 0 Å². The van der Waals surface area contributed by atoms with Gasteiger partial charge in [0.1, 0.15) is 6.04 Å².